The summed E-state index contributed by atoms with van der Waals surface area (Å²) >= 11 is 0. The Morgan fingerprint density at radius 3 is 1.60 bits per heavy atom. The molecule has 1 heteroatoms. The molecule has 0 spiro atoms. The van der Waals surface area contributed by atoms with E-state index < -0.39 is 0 Å². The molecule has 0 aromatic heterocycles. The summed E-state index contributed by atoms with van der Waals surface area (Å²) in [5, 5.41) is 3.48. The normalized spacial score (nSPS) is 11.4. The summed E-state index contributed by atoms with van der Waals surface area (Å²) in [6.45, 7) is 8.87. The molecule has 0 bridgehead atoms. The minimum absolute atomic E-state index is 0.00496. The monoisotopic (exact) mass is 329 g/mol. The summed E-state index contributed by atoms with van der Waals surface area (Å²) in [4.78, 5) is 0. The van der Waals surface area contributed by atoms with Gasteiger partial charge in [0, 0.05) is 16.8 Å². The van der Waals surface area contributed by atoms with Gasteiger partial charge in [0.1, 0.15) is 0 Å². The molecule has 0 aliphatic rings. The fraction of sp³-hybridized carbons (Fsp3) is 0.250. The topological polar surface area (TPSA) is 12.0 Å². The Morgan fingerprint density at radius 1 is 0.680 bits per heavy atom. The maximum absolute atomic E-state index is 3.48. The summed E-state index contributed by atoms with van der Waals surface area (Å²) in [5.74, 6) is 0. The Balaban J connectivity index is 1.77. The number of nitrogens with one attached hydrogen (secondary N) is 1. The summed E-state index contributed by atoms with van der Waals surface area (Å²) in [6, 6.07) is 26.3. The highest BCUT2D eigenvalue weighted by Crippen LogP contribution is 2.32. The molecule has 0 saturated heterocycles. The molecule has 128 valence electrons. The van der Waals surface area contributed by atoms with Gasteiger partial charge in [0.05, 0.1) is 0 Å². The van der Waals surface area contributed by atoms with Gasteiger partial charge in [0.25, 0.3) is 0 Å². The third kappa shape index (κ3) is 3.93. The van der Waals surface area contributed by atoms with Gasteiger partial charge in [0.15, 0.2) is 0 Å². The lowest BCUT2D eigenvalue weighted by Gasteiger charge is -2.26. The van der Waals surface area contributed by atoms with Gasteiger partial charge in [-0.15, -0.1) is 0 Å². The number of benzene rings is 3. The van der Waals surface area contributed by atoms with Crippen molar-refractivity contribution in [3.05, 3.63) is 95.1 Å². The van der Waals surface area contributed by atoms with Crippen LogP contribution in [0.5, 0.6) is 0 Å². The first-order chi connectivity index (χ1) is 12.0. The van der Waals surface area contributed by atoms with Crippen LogP contribution in [0.4, 0.5) is 11.4 Å². The van der Waals surface area contributed by atoms with Crippen molar-refractivity contribution in [1.29, 1.82) is 0 Å². The van der Waals surface area contributed by atoms with Crippen LogP contribution in [-0.2, 0) is 11.8 Å². The third-order valence-electron chi connectivity index (χ3n) is 5.03. The summed E-state index contributed by atoms with van der Waals surface area (Å²) in [7, 11) is 0. The molecule has 0 radical (unpaired) electrons. The van der Waals surface area contributed by atoms with Crippen LogP contribution in [0.25, 0.3) is 0 Å². The van der Waals surface area contributed by atoms with Crippen molar-refractivity contribution in [3.63, 3.8) is 0 Å². The Bertz CT molecular complexity index is 809. The largest absolute Gasteiger partial charge is 0.356 e. The standard InChI is InChI=1S/C24H27N/c1-5-19-8-14-22(15-9-19)25-23-16-12-21(13-17-23)24(3,4)20-10-6-18(2)7-11-20/h6-17,25H,5H2,1-4H3. The Labute approximate surface area is 151 Å². The quantitative estimate of drug-likeness (QED) is 0.554. The first-order valence-electron chi connectivity index (χ1n) is 9.02. The molecule has 1 N–H and O–H groups in total. The summed E-state index contributed by atoms with van der Waals surface area (Å²) < 4.78 is 0. The average Bonchev–Trinajstić information content (AvgIpc) is 2.63. The van der Waals surface area contributed by atoms with Crippen LogP contribution in [0.2, 0.25) is 0 Å². The summed E-state index contributed by atoms with van der Waals surface area (Å²) in [5.41, 5.74) is 7.57. The molecule has 1 nitrogen and oxygen atoms in total. The van der Waals surface area contributed by atoms with Gasteiger partial charge in [-0.25, -0.2) is 0 Å². The van der Waals surface area contributed by atoms with Gasteiger partial charge >= 0.3 is 0 Å². The second-order valence-corrected chi connectivity index (χ2v) is 7.24. The van der Waals surface area contributed by atoms with Crippen LogP contribution in [0, 0.1) is 6.92 Å². The maximum Gasteiger partial charge on any atom is 0.0384 e. The SMILES string of the molecule is CCc1ccc(Nc2ccc(C(C)(C)c3ccc(C)cc3)cc2)cc1. The fourth-order valence-corrected chi connectivity index (χ4v) is 3.10. The van der Waals surface area contributed by atoms with Crippen LogP contribution in [0.15, 0.2) is 72.8 Å². The molecule has 25 heavy (non-hydrogen) atoms. The van der Waals surface area contributed by atoms with E-state index in [4.69, 9.17) is 0 Å². The number of rotatable bonds is 5. The van der Waals surface area contributed by atoms with Gasteiger partial charge in [-0.2, -0.15) is 0 Å². The highest BCUT2D eigenvalue weighted by molar-refractivity contribution is 5.60. The molecule has 0 fully saturated rings. The zero-order chi connectivity index (χ0) is 17.9. The zero-order valence-corrected chi connectivity index (χ0v) is 15.6. The molecule has 0 aliphatic carbocycles. The highest BCUT2D eigenvalue weighted by atomic mass is 14.9. The van der Waals surface area contributed by atoms with E-state index in [1.54, 1.807) is 0 Å². The van der Waals surface area contributed by atoms with E-state index >= 15 is 0 Å². The van der Waals surface area contributed by atoms with E-state index in [0.29, 0.717) is 0 Å². The Kier molecular flexibility index (Phi) is 4.94. The number of aryl methyl sites for hydroxylation is 2. The number of anilines is 2. The lowest BCUT2D eigenvalue weighted by atomic mass is 9.78. The van der Waals surface area contributed by atoms with E-state index in [0.717, 1.165) is 17.8 Å². The first-order valence-corrected chi connectivity index (χ1v) is 9.02. The molecule has 0 heterocycles. The van der Waals surface area contributed by atoms with Gasteiger partial charge in [-0.05, 0) is 54.3 Å². The predicted octanol–water partition coefficient (Wildman–Crippen LogP) is 6.63. The van der Waals surface area contributed by atoms with Crippen molar-refractivity contribution in [2.24, 2.45) is 0 Å². The van der Waals surface area contributed by atoms with E-state index in [1.165, 1.54) is 22.3 Å². The molecular weight excluding hydrogens is 302 g/mol. The summed E-state index contributed by atoms with van der Waals surface area (Å²) in [6.07, 6.45) is 1.07. The van der Waals surface area contributed by atoms with E-state index in [1.807, 2.05) is 0 Å². The fourth-order valence-electron chi connectivity index (χ4n) is 3.10. The Hall–Kier alpha value is -2.54. The number of hydrogen-bond donors (Lipinski definition) is 1. The molecule has 0 amide bonds. The molecule has 3 aromatic rings. The predicted molar refractivity (Wildman–Crippen MR) is 109 cm³/mol. The van der Waals surface area contributed by atoms with Gasteiger partial charge < -0.3 is 5.32 Å². The van der Waals surface area contributed by atoms with E-state index in [2.05, 4.69) is 106 Å². The molecule has 3 rings (SSSR count). The van der Waals surface area contributed by atoms with Gasteiger partial charge in [-0.3, -0.25) is 0 Å². The van der Waals surface area contributed by atoms with Gasteiger partial charge in [-0.1, -0.05) is 74.9 Å². The van der Waals surface area contributed by atoms with E-state index in [9.17, 15) is 0 Å². The van der Waals surface area contributed by atoms with E-state index in [-0.39, 0.29) is 5.41 Å². The van der Waals surface area contributed by atoms with Crippen molar-refractivity contribution in [3.8, 4) is 0 Å². The van der Waals surface area contributed by atoms with Crippen LogP contribution >= 0.6 is 0 Å². The Morgan fingerprint density at radius 2 is 1.12 bits per heavy atom. The molecule has 0 atom stereocenters. The molecule has 0 saturated carbocycles. The second-order valence-electron chi connectivity index (χ2n) is 7.24. The maximum atomic E-state index is 3.48. The van der Waals surface area contributed by atoms with Crippen molar-refractivity contribution >= 4 is 11.4 Å². The molecule has 3 aromatic carbocycles. The highest BCUT2D eigenvalue weighted by Gasteiger charge is 2.22. The first kappa shape index (κ1) is 17.3. The minimum atomic E-state index is -0.00496. The van der Waals surface area contributed by atoms with Crippen LogP contribution in [-0.4, -0.2) is 0 Å². The van der Waals surface area contributed by atoms with Crippen molar-refractivity contribution in [2.45, 2.75) is 39.5 Å². The van der Waals surface area contributed by atoms with Crippen molar-refractivity contribution < 1.29 is 0 Å². The lowest BCUT2D eigenvalue weighted by molar-refractivity contribution is 0.641. The second kappa shape index (κ2) is 7.14. The van der Waals surface area contributed by atoms with Gasteiger partial charge in [0.2, 0.25) is 0 Å². The van der Waals surface area contributed by atoms with Crippen LogP contribution in [0.3, 0.4) is 0 Å². The lowest BCUT2D eigenvalue weighted by Crippen LogP contribution is -2.18. The van der Waals surface area contributed by atoms with Crippen LogP contribution in [0.1, 0.15) is 43.0 Å². The van der Waals surface area contributed by atoms with Crippen molar-refractivity contribution in [2.75, 3.05) is 5.32 Å². The smallest absolute Gasteiger partial charge is 0.0384 e. The number of hydrogen-bond acceptors (Lipinski definition) is 1. The van der Waals surface area contributed by atoms with Crippen molar-refractivity contribution in [1.82, 2.24) is 0 Å². The average molecular weight is 329 g/mol. The third-order valence-corrected chi connectivity index (χ3v) is 5.03. The van der Waals surface area contributed by atoms with Crippen LogP contribution < -0.4 is 5.32 Å². The zero-order valence-electron chi connectivity index (χ0n) is 15.6. The molecular formula is C24H27N. The molecule has 0 aliphatic heterocycles. The minimum Gasteiger partial charge on any atom is -0.356 e. The molecule has 0 unspecified atom stereocenters.